The summed E-state index contributed by atoms with van der Waals surface area (Å²) < 4.78 is 35.5. The molecule has 0 saturated heterocycles. The molecule has 2 rings (SSSR count). The number of amides is 1. The second-order valence-electron chi connectivity index (χ2n) is 5.36. The smallest absolute Gasteiger partial charge is 0.245 e. The summed E-state index contributed by atoms with van der Waals surface area (Å²) in [6, 6.07) is 11.1. The van der Waals surface area contributed by atoms with Gasteiger partial charge in [-0.25, -0.2) is 8.42 Å². The van der Waals surface area contributed by atoms with Gasteiger partial charge in [0, 0.05) is 5.02 Å². The summed E-state index contributed by atoms with van der Waals surface area (Å²) in [6.45, 7) is -0.402. The van der Waals surface area contributed by atoms with Crippen LogP contribution in [0.2, 0.25) is 5.02 Å². The van der Waals surface area contributed by atoms with Crippen molar-refractivity contribution in [3.63, 3.8) is 0 Å². The molecular formula is C17H19ClN2O5S. The molecule has 0 saturated carbocycles. The predicted octanol–water partition coefficient (Wildman–Crippen LogP) is 2.76. The van der Waals surface area contributed by atoms with E-state index in [0.29, 0.717) is 27.9 Å². The van der Waals surface area contributed by atoms with Crippen LogP contribution in [0.4, 0.5) is 11.4 Å². The number of carbonyl (C=O) groups excluding carboxylic acids is 1. The molecule has 0 radical (unpaired) electrons. The van der Waals surface area contributed by atoms with Gasteiger partial charge in [-0.2, -0.15) is 0 Å². The summed E-state index contributed by atoms with van der Waals surface area (Å²) in [5.41, 5.74) is 0.703. The molecule has 2 aromatic carbocycles. The number of nitrogens with zero attached hydrogens (tertiary/aromatic N) is 1. The highest BCUT2D eigenvalue weighted by Crippen LogP contribution is 2.28. The van der Waals surface area contributed by atoms with Gasteiger partial charge in [0.2, 0.25) is 15.9 Å². The average Bonchev–Trinajstić information content (AvgIpc) is 2.59. The number of hydrogen-bond donors (Lipinski definition) is 1. The number of halogens is 1. The Hall–Kier alpha value is -2.45. The first-order valence-corrected chi connectivity index (χ1v) is 9.72. The zero-order valence-electron chi connectivity index (χ0n) is 14.5. The van der Waals surface area contributed by atoms with Crippen LogP contribution >= 0.6 is 11.6 Å². The minimum atomic E-state index is -3.67. The maximum Gasteiger partial charge on any atom is 0.245 e. The summed E-state index contributed by atoms with van der Waals surface area (Å²) in [5, 5.41) is 3.03. The Balaban J connectivity index is 2.23. The Bertz CT molecular complexity index is 885. The van der Waals surface area contributed by atoms with E-state index in [2.05, 4.69) is 5.32 Å². The first-order chi connectivity index (χ1) is 12.2. The monoisotopic (exact) mass is 398 g/mol. The number of anilines is 2. The summed E-state index contributed by atoms with van der Waals surface area (Å²) in [7, 11) is -0.708. The molecule has 26 heavy (non-hydrogen) atoms. The second-order valence-corrected chi connectivity index (χ2v) is 7.70. The van der Waals surface area contributed by atoms with Crippen molar-refractivity contribution < 1.29 is 22.7 Å². The van der Waals surface area contributed by atoms with Crippen molar-refractivity contribution in [3.8, 4) is 11.5 Å². The van der Waals surface area contributed by atoms with Crippen LogP contribution in [0.1, 0.15) is 0 Å². The van der Waals surface area contributed by atoms with Crippen molar-refractivity contribution in [1.82, 2.24) is 0 Å². The highest BCUT2D eigenvalue weighted by Gasteiger charge is 2.21. The molecule has 2 aromatic rings. The van der Waals surface area contributed by atoms with E-state index < -0.39 is 22.5 Å². The lowest BCUT2D eigenvalue weighted by atomic mass is 10.3. The minimum Gasteiger partial charge on any atom is -0.497 e. The van der Waals surface area contributed by atoms with Gasteiger partial charge in [0.15, 0.2) is 0 Å². The molecule has 0 heterocycles. The lowest BCUT2D eigenvalue weighted by molar-refractivity contribution is -0.114. The van der Waals surface area contributed by atoms with Crippen LogP contribution in [-0.2, 0) is 14.8 Å². The normalized spacial score (nSPS) is 10.9. The molecule has 1 N–H and O–H groups in total. The number of ether oxygens (including phenoxy) is 2. The van der Waals surface area contributed by atoms with E-state index in [9.17, 15) is 13.2 Å². The summed E-state index contributed by atoms with van der Waals surface area (Å²) >= 11 is 5.94. The zero-order chi connectivity index (χ0) is 19.3. The minimum absolute atomic E-state index is 0.349. The van der Waals surface area contributed by atoms with Gasteiger partial charge in [0.25, 0.3) is 0 Å². The third kappa shape index (κ3) is 5.03. The van der Waals surface area contributed by atoms with Crippen molar-refractivity contribution in [1.29, 1.82) is 0 Å². The van der Waals surface area contributed by atoms with Crippen molar-refractivity contribution >= 4 is 38.9 Å². The number of nitrogens with one attached hydrogen (secondary N) is 1. The average molecular weight is 399 g/mol. The van der Waals surface area contributed by atoms with Crippen LogP contribution in [0.3, 0.4) is 0 Å². The maximum atomic E-state index is 12.4. The third-order valence-electron chi connectivity index (χ3n) is 3.48. The molecule has 0 spiro atoms. The van der Waals surface area contributed by atoms with Gasteiger partial charge in [-0.15, -0.1) is 0 Å². The molecule has 0 fully saturated rings. The van der Waals surface area contributed by atoms with Crippen LogP contribution in [0, 0.1) is 0 Å². The van der Waals surface area contributed by atoms with Crippen molar-refractivity contribution in [2.75, 3.05) is 36.6 Å². The van der Waals surface area contributed by atoms with Crippen LogP contribution < -0.4 is 19.1 Å². The zero-order valence-corrected chi connectivity index (χ0v) is 16.1. The fourth-order valence-electron chi connectivity index (χ4n) is 2.25. The standard InChI is InChI=1S/C17H19ClN2O5S/c1-24-14-7-5-13(6-8-14)20(26(3,22)23)11-17(21)19-15-10-12(18)4-9-16(15)25-2/h4-10H,11H2,1-3H3,(H,19,21). The van der Waals surface area contributed by atoms with Crippen LogP contribution in [-0.4, -0.2) is 41.3 Å². The largest absolute Gasteiger partial charge is 0.497 e. The Kier molecular flexibility index (Phi) is 6.33. The lowest BCUT2D eigenvalue weighted by Gasteiger charge is -2.22. The molecule has 0 unspecified atom stereocenters. The van der Waals surface area contributed by atoms with Gasteiger partial charge in [-0.1, -0.05) is 11.6 Å². The first-order valence-electron chi connectivity index (χ1n) is 7.49. The molecular weight excluding hydrogens is 380 g/mol. The number of carbonyl (C=O) groups is 1. The van der Waals surface area contributed by atoms with E-state index in [1.807, 2.05) is 0 Å². The number of methoxy groups -OCH3 is 2. The Morgan fingerprint density at radius 2 is 1.77 bits per heavy atom. The van der Waals surface area contributed by atoms with Crippen LogP contribution in [0.5, 0.6) is 11.5 Å². The summed E-state index contributed by atoms with van der Waals surface area (Å²) in [5.74, 6) is 0.459. The molecule has 1 amide bonds. The van der Waals surface area contributed by atoms with E-state index >= 15 is 0 Å². The van der Waals surface area contributed by atoms with E-state index in [-0.39, 0.29) is 0 Å². The molecule has 140 valence electrons. The topological polar surface area (TPSA) is 84.9 Å². The quantitative estimate of drug-likeness (QED) is 0.775. The number of benzene rings is 2. The van der Waals surface area contributed by atoms with Gasteiger partial charge in [0.1, 0.15) is 18.0 Å². The predicted molar refractivity (Wildman–Crippen MR) is 102 cm³/mol. The van der Waals surface area contributed by atoms with Crippen molar-refractivity contribution in [2.45, 2.75) is 0 Å². The Labute approximate surface area is 157 Å². The van der Waals surface area contributed by atoms with E-state index in [4.69, 9.17) is 21.1 Å². The lowest BCUT2D eigenvalue weighted by Crippen LogP contribution is -2.37. The number of rotatable bonds is 7. The van der Waals surface area contributed by atoms with Crippen molar-refractivity contribution in [2.24, 2.45) is 0 Å². The fraction of sp³-hybridized carbons (Fsp3) is 0.235. The molecule has 9 heteroatoms. The highest BCUT2D eigenvalue weighted by molar-refractivity contribution is 7.92. The Morgan fingerprint density at radius 1 is 1.12 bits per heavy atom. The molecule has 0 aromatic heterocycles. The molecule has 0 aliphatic rings. The SMILES string of the molecule is COc1ccc(N(CC(=O)Nc2cc(Cl)ccc2OC)S(C)(=O)=O)cc1. The second kappa shape index (κ2) is 8.29. The molecule has 0 aliphatic heterocycles. The van der Waals surface area contributed by atoms with Gasteiger partial charge in [0.05, 0.1) is 31.9 Å². The molecule has 7 nitrogen and oxygen atoms in total. The molecule has 0 atom stereocenters. The first kappa shape index (κ1) is 19.9. The summed E-state index contributed by atoms with van der Waals surface area (Å²) in [6.07, 6.45) is 1.03. The van der Waals surface area contributed by atoms with Gasteiger partial charge in [-0.05, 0) is 42.5 Å². The number of hydrogen-bond acceptors (Lipinski definition) is 5. The van der Waals surface area contributed by atoms with E-state index in [0.717, 1.165) is 10.6 Å². The van der Waals surface area contributed by atoms with Gasteiger partial charge in [-0.3, -0.25) is 9.10 Å². The number of sulfonamides is 1. The highest BCUT2D eigenvalue weighted by atomic mass is 35.5. The third-order valence-corrected chi connectivity index (χ3v) is 4.86. The Morgan fingerprint density at radius 3 is 2.31 bits per heavy atom. The van der Waals surface area contributed by atoms with Gasteiger partial charge < -0.3 is 14.8 Å². The van der Waals surface area contributed by atoms with Crippen LogP contribution in [0.25, 0.3) is 0 Å². The van der Waals surface area contributed by atoms with Gasteiger partial charge >= 0.3 is 0 Å². The maximum absolute atomic E-state index is 12.4. The fourth-order valence-corrected chi connectivity index (χ4v) is 3.28. The van der Waals surface area contributed by atoms with Crippen LogP contribution in [0.15, 0.2) is 42.5 Å². The van der Waals surface area contributed by atoms with E-state index in [1.54, 1.807) is 36.4 Å². The van der Waals surface area contributed by atoms with E-state index in [1.165, 1.54) is 20.3 Å². The summed E-state index contributed by atoms with van der Waals surface area (Å²) in [4.78, 5) is 12.4. The van der Waals surface area contributed by atoms with Crippen molar-refractivity contribution in [3.05, 3.63) is 47.5 Å². The molecule has 0 bridgehead atoms. The molecule has 0 aliphatic carbocycles.